The number of para-hydroxylation sites is 2. The summed E-state index contributed by atoms with van der Waals surface area (Å²) in [7, 11) is -3.46. The minimum atomic E-state index is -3.46. The fraction of sp³-hybridized carbons (Fsp3) is 0.562. The second-order valence-corrected chi connectivity index (χ2v) is 8.28. The van der Waals surface area contributed by atoms with E-state index in [1.54, 1.807) is 29.2 Å². The van der Waals surface area contributed by atoms with Crippen LogP contribution in [0.4, 0.5) is 5.69 Å². The van der Waals surface area contributed by atoms with Crippen LogP contribution in [0.3, 0.4) is 0 Å². The molecule has 0 aliphatic carbocycles. The molecule has 0 aromatic heterocycles. The molecule has 7 heteroatoms. The van der Waals surface area contributed by atoms with Crippen molar-refractivity contribution in [2.75, 3.05) is 30.2 Å². The highest BCUT2D eigenvalue weighted by Gasteiger charge is 2.37. The van der Waals surface area contributed by atoms with E-state index in [1.165, 1.54) is 4.31 Å². The Morgan fingerprint density at radius 1 is 1.22 bits per heavy atom. The highest BCUT2D eigenvalue weighted by atomic mass is 32.2. The van der Waals surface area contributed by atoms with Gasteiger partial charge in [0.25, 0.3) is 5.91 Å². The second kappa shape index (κ2) is 6.03. The Balaban J connectivity index is 1.84. The molecular weight excluding hydrogens is 316 g/mol. The Morgan fingerprint density at radius 2 is 1.87 bits per heavy atom. The SMILES string of the molecule is CC1CCN(C(=O)[C@@H]2CN(S(C)(=O)=O)c3ccccc3O2)CC1. The Labute approximate surface area is 137 Å². The molecule has 126 valence electrons. The van der Waals surface area contributed by atoms with Crippen LogP contribution in [0.2, 0.25) is 0 Å². The number of rotatable bonds is 2. The molecule has 1 aromatic carbocycles. The van der Waals surface area contributed by atoms with E-state index in [9.17, 15) is 13.2 Å². The highest BCUT2D eigenvalue weighted by molar-refractivity contribution is 7.92. The summed E-state index contributed by atoms with van der Waals surface area (Å²) >= 11 is 0. The largest absolute Gasteiger partial charge is 0.476 e. The van der Waals surface area contributed by atoms with Gasteiger partial charge in [-0.25, -0.2) is 8.42 Å². The van der Waals surface area contributed by atoms with Crippen molar-refractivity contribution in [2.24, 2.45) is 5.92 Å². The molecule has 0 radical (unpaired) electrons. The van der Waals surface area contributed by atoms with Crippen molar-refractivity contribution in [1.29, 1.82) is 0 Å². The maximum absolute atomic E-state index is 12.7. The summed E-state index contributed by atoms with van der Waals surface area (Å²) in [6.45, 7) is 3.63. The minimum absolute atomic E-state index is 0.0285. The fourth-order valence-electron chi connectivity index (χ4n) is 3.08. The van der Waals surface area contributed by atoms with Crippen molar-refractivity contribution >= 4 is 21.6 Å². The zero-order chi connectivity index (χ0) is 16.6. The number of fused-ring (bicyclic) bond motifs is 1. The van der Waals surface area contributed by atoms with Gasteiger partial charge in [-0.2, -0.15) is 0 Å². The van der Waals surface area contributed by atoms with E-state index in [0.717, 1.165) is 19.1 Å². The number of nitrogens with zero attached hydrogens (tertiary/aromatic N) is 2. The molecule has 0 N–H and O–H groups in total. The Kier molecular flexibility index (Phi) is 4.23. The fourth-order valence-corrected chi connectivity index (χ4v) is 3.99. The number of anilines is 1. The molecule has 2 aliphatic rings. The molecule has 1 amide bonds. The number of carbonyl (C=O) groups excluding carboxylic acids is 1. The summed E-state index contributed by atoms with van der Waals surface area (Å²) in [5.74, 6) is 0.938. The predicted molar refractivity (Wildman–Crippen MR) is 88.0 cm³/mol. The molecule has 0 spiro atoms. The second-order valence-electron chi connectivity index (χ2n) is 6.38. The standard InChI is InChI=1S/C16H22N2O4S/c1-12-7-9-17(10-8-12)16(19)15-11-18(23(2,20)21)13-5-3-4-6-14(13)22-15/h3-6,12,15H,7-11H2,1-2H3/t15-/m0/s1. The first-order valence-corrected chi connectivity index (χ1v) is 9.73. The van der Waals surface area contributed by atoms with Crippen LogP contribution in [0.15, 0.2) is 24.3 Å². The molecule has 23 heavy (non-hydrogen) atoms. The smallest absolute Gasteiger partial charge is 0.265 e. The van der Waals surface area contributed by atoms with Crippen molar-refractivity contribution < 1.29 is 17.9 Å². The van der Waals surface area contributed by atoms with Gasteiger partial charge in [-0.3, -0.25) is 9.10 Å². The average Bonchev–Trinajstić information content (AvgIpc) is 2.53. The van der Waals surface area contributed by atoms with E-state index < -0.39 is 16.1 Å². The summed E-state index contributed by atoms with van der Waals surface area (Å²) in [6.07, 6.45) is 2.32. The third kappa shape index (κ3) is 3.29. The molecule has 1 saturated heterocycles. The van der Waals surface area contributed by atoms with Gasteiger partial charge in [0.15, 0.2) is 6.10 Å². The molecule has 2 aliphatic heterocycles. The third-order valence-corrected chi connectivity index (χ3v) is 5.65. The molecule has 0 unspecified atom stereocenters. The summed E-state index contributed by atoms with van der Waals surface area (Å²) in [6, 6.07) is 6.92. The molecule has 1 fully saturated rings. The van der Waals surface area contributed by atoms with Crippen molar-refractivity contribution in [2.45, 2.75) is 25.9 Å². The maximum atomic E-state index is 12.7. The van der Waals surface area contributed by atoms with Crippen LogP contribution in [0.1, 0.15) is 19.8 Å². The first-order valence-electron chi connectivity index (χ1n) is 7.88. The predicted octanol–water partition coefficient (Wildman–Crippen LogP) is 1.47. The Hall–Kier alpha value is -1.76. The molecular formula is C16H22N2O4S. The van der Waals surface area contributed by atoms with Gasteiger partial charge < -0.3 is 9.64 Å². The zero-order valence-corrected chi connectivity index (χ0v) is 14.3. The molecule has 1 aromatic rings. The molecule has 1 atom stereocenters. The van der Waals surface area contributed by atoms with Crippen LogP contribution in [0.25, 0.3) is 0 Å². The molecule has 0 bridgehead atoms. The van der Waals surface area contributed by atoms with Crippen molar-refractivity contribution in [3.8, 4) is 5.75 Å². The van der Waals surface area contributed by atoms with Crippen LogP contribution in [-0.4, -0.2) is 51.2 Å². The lowest BCUT2D eigenvalue weighted by Gasteiger charge is -2.38. The van der Waals surface area contributed by atoms with Gasteiger partial charge in [0.2, 0.25) is 10.0 Å². The highest BCUT2D eigenvalue weighted by Crippen LogP contribution is 2.35. The van der Waals surface area contributed by atoms with E-state index in [-0.39, 0.29) is 12.5 Å². The van der Waals surface area contributed by atoms with Gasteiger partial charge in [0.1, 0.15) is 5.75 Å². The maximum Gasteiger partial charge on any atom is 0.265 e. The Bertz CT molecular complexity index is 696. The lowest BCUT2D eigenvalue weighted by molar-refractivity contribution is -0.139. The number of likely N-dealkylation sites (tertiary alicyclic amines) is 1. The molecule has 2 heterocycles. The number of hydrogen-bond donors (Lipinski definition) is 0. The lowest BCUT2D eigenvalue weighted by Crippen LogP contribution is -2.53. The number of hydrogen-bond acceptors (Lipinski definition) is 4. The minimum Gasteiger partial charge on any atom is -0.476 e. The third-order valence-electron chi connectivity index (χ3n) is 4.51. The summed E-state index contributed by atoms with van der Waals surface area (Å²) in [4.78, 5) is 14.5. The van der Waals surface area contributed by atoms with E-state index in [0.29, 0.717) is 30.4 Å². The van der Waals surface area contributed by atoms with Gasteiger partial charge >= 0.3 is 0 Å². The number of sulfonamides is 1. The van der Waals surface area contributed by atoms with E-state index in [4.69, 9.17) is 4.74 Å². The number of amides is 1. The number of carbonyl (C=O) groups is 1. The Morgan fingerprint density at radius 3 is 2.52 bits per heavy atom. The van der Waals surface area contributed by atoms with Crippen molar-refractivity contribution in [3.05, 3.63) is 24.3 Å². The van der Waals surface area contributed by atoms with E-state index in [1.807, 2.05) is 0 Å². The van der Waals surface area contributed by atoms with Crippen molar-refractivity contribution in [1.82, 2.24) is 4.90 Å². The van der Waals surface area contributed by atoms with Gasteiger partial charge in [-0.1, -0.05) is 19.1 Å². The number of ether oxygens (including phenoxy) is 1. The van der Waals surface area contributed by atoms with Crippen LogP contribution >= 0.6 is 0 Å². The quantitative estimate of drug-likeness (QED) is 0.819. The summed E-state index contributed by atoms with van der Waals surface area (Å²) < 4.78 is 31.2. The monoisotopic (exact) mass is 338 g/mol. The van der Waals surface area contributed by atoms with E-state index in [2.05, 4.69) is 6.92 Å². The van der Waals surface area contributed by atoms with Crippen LogP contribution < -0.4 is 9.04 Å². The van der Waals surface area contributed by atoms with E-state index >= 15 is 0 Å². The topological polar surface area (TPSA) is 66.9 Å². The van der Waals surface area contributed by atoms with Gasteiger partial charge in [0.05, 0.1) is 18.5 Å². The summed E-state index contributed by atoms with van der Waals surface area (Å²) in [5, 5.41) is 0. The van der Waals surface area contributed by atoms with Gasteiger partial charge in [-0.15, -0.1) is 0 Å². The van der Waals surface area contributed by atoms with Crippen LogP contribution in [-0.2, 0) is 14.8 Å². The van der Waals surface area contributed by atoms with Crippen LogP contribution in [0.5, 0.6) is 5.75 Å². The summed E-state index contributed by atoms with van der Waals surface area (Å²) in [5.41, 5.74) is 0.492. The molecule has 3 rings (SSSR count). The zero-order valence-electron chi connectivity index (χ0n) is 13.4. The molecule has 0 saturated carbocycles. The number of benzene rings is 1. The normalized spacial score (nSPS) is 22.4. The first kappa shape index (κ1) is 16.1. The van der Waals surface area contributed by atoms with Crippen molar-refractivity contribution in [3.63, 3.8) is 0 Å². The van der Waals surface area contributed by atoms with Crippen LogP contribution in [0, 0.1) is 5.92 Å². The van der Waals surface area contributed by atoms with Gasteiger partial charge in [-0.05, 0) is 30.9 Å². The number of piperidine rings is 1. The molecule has 6 nitrogen and oxygen atoms in total. The van der Waals surface area contributed by atoms with Gasteiger partial charge in [0, 0.05) is 13.1 Å². The lowest BCUT2D eigenvalue weighted by atomic mass is 9.99. The average molecular weight is 338 g/mol. The first-order chi connectivity index (χ1) is 10.9.